The topological polar surface area (TPSA) is 19.9 Å². The minimum absolute atomic E-state index is 0.160. The van der Waals surface area contributed by atoms with Crippen molar-refractivity contribution in [2.45, 2.75) is 20.3 Å². The molecule has 0 aliphatic carbocycles. The zero-order valence-corrected chi connectivity index (χ0v) is 6.35. The SMILES string of the molecule is CCc1cc(C)ccc1[O]. The molecule has 1 aromatic rings. The van der Waals surface area contributed by atoms with Crippen LogP contribution in [0.1, 0.15) is 18.1 Å². The van der Waals surface area contributed by atoms with Gasteiger partial charge < -0.3 is 0 Å². The van der Waals surface area contributed by atoms with Gasteiger partial charge in [-0.05, 0) is 25.0 Å². The van der Waals surface area contributed by atoms with Gasteiger partial charge in [-0.1, -0.05) is 24.6 Å². The maximum Gasteiger partial charge on any atom is 0.181 e. The molecule has 1 radical (unpaired) electrons. The zero-order valence-electron chi connectivity index (χ0n) is 6.35. The summed E-state index contributed by atoms with van der Waals surface area (Å²) in [5.74, 6) is 0.160. The molecule has 0 saturated heterocycles. The molecule has 0 aliphatic rings. The van der Waals surface area contributed by atoms with Crippen molar-refractivity contribution < 1.29 is 5.11 Å². The molecule has 0 heterocycles. The summed E-state index contributed by atoms with van der Waals surface area (Å²) in [6.07, 6.45) is 0.834. The first-order chi connectivity index (χ1) is 4.74. The van der Waals surface area contributed by atoms with Crippen molar-refractivity contribution in [3.8, 4) is 5.75 Å². The van der Waals surface area contributed by atoms with Gasteiger partial charge in [-0.2, -0.15) is 0 Å². The van der Waals surface area contributed by atoms with Crippen molar-refractivity contribution in [2.75, 3.05) is 0 Å². The second kappa shape index (κ2) is 2.74. The van der Waals surface area contributed by atoms with Crippen LogP contribution in [0.15, 0.2) is 18.2 Å². The van der Waals surface area contributed by atoms with Gasteiger partial charge in [0, 0.05) is 0 Å². The molecule has 1 aromatic carbocycles. The summed E-state index contributed by atoms with van der Waals surface area (Å²) in [4.78, 5) is 0. The van der Waals surface area contributed by atoms with Crippen molar-refractivity contribution in [3.05, 3.63) is 29.3 Å². The summed E-state index contributed by atoms with van der Waals surface area (Å²) in [6.45, 7) is 3.99. The number of hydrogen-bond donors (Lipinski definition) is 0. The van der Waals surface area contributed by atoms with Gasteiger partial charge in [0.2, 0.25) is 0 Å². The molecule has 0 unspecified atom stereocenters. The molecule has 0 amide bonds. The van der Waals surface area contributed by atoms with Gasteiger partial charge >= 0.3 is 0 Å². The summed E-state index contributed by atoms with van der Waals surface area (Å²) >= 11 is 0. The Kier molecular flexibility index (Phi) is 1.95. The number of hydrogen-bond acceptors (Lipinski definition) is 0. The summed E-state index contributed by atoms with van der Waals surface area (Å²) in [5.41, 5.74) is 2.08. The number of aryl methyl sites for hydroxylation is 2. The zero-order chi connectivity index (χ0) is 7.56. The smallest absolute Gasteiger partial charge is 0.181 e. The van der Waals surface area contributed by atoms with Crippen LogP contribution in [0.5, 0.6) is 5.75 Å². The lowest BCUT2D eigenvalue weighted by Gasteiger charge is -1.98. The Balaban J connectivity index is 3.09. The van der Waals surface area contributed by atoms with E-state index in [4.69, 9.17) is 0 Å². The molecule has 0 N–H and O–H groups in total. The number of benzene rings is 1. The predicted octanol–water partition coefficient (Wildman–Crippen LogP) is 2.70. The molecule has 0 aromatic heterocycles. The van der Waals surface area contributed by atoms with E-state index < -0.39 is 0 Å². The van der Waals surface area contributed by atoms with E-state index in [-0.39, 0.29) is 5.75 Å². The number of rotatable bonds is 1. The van der Waals surface area contributed by atoms with E-state index in [1.807, 2.05) is 26.0 Å². The third kappa shape index (κ3) is 1.29. The lowest BCUT2D eigenvalue weighted by Crippen LogP contribution is -1.81. The second-order valence-electron chi connectivity index (χ2n) is 2.46. The van der Waals surface area contributed by atoms with E-state index in [2.05, 4.69) is 0 Å². The standard InChI is InChI=1S/C9H11O/c1-3-8-6-7(2)4-5-9(8)10/h4-6H,3H2,1-2H3. The second-order valence-corrected chi connectivity index (χ2v) is 2.46. The van der Waals surface area contributed by atoms with Crippen molar-refractivity contribution in [1.82, 2.24) is 0 Å². The lowest BCUT2D eigenvalue weighted by molar-refractivity contribution is 0.350. The van der Waals surface area contributed by atoms with Crippen LogP contribution >= 0.6 is 0 Å². The molecular formula is C9H11O. The van der Waals surface area contributed by atoms with Crippen LogP contribution in [0.3, 0.4) is 0 Å². The monoisotopic (exact) mass is 135 g/mol. The lowest BCUT2D eigenvalue weighted by atomic mass is 10.1. The highest BCUT2D eigenvalue weighted by molar-refractivity contribution is 5.35. The first-order valence-electron chi connectivity index (χ1n) is 3.50. The predicted molar refractivity (Wildman–Crippen MR) is 40.7 cm³/mol. The van der Waals surface area contributed by atoms with E-state index in [9.17, 15) is 5.11 Å². The Morgan fingerprint density at radius 3 is 2.60 bits per heavy atom. The van der Waals surface area contributed by atoms with E-state index in [1.165, 1.54) is 0 Å². The first kappa shape index (κ1) is 7.13. The van der Waals surface area contributed by atoms with Gasteiger partial charge in [-0.3, -0.25) is 5.11 Å². The van der Waals surface area contributed by atoms with Crippen molar-refractivity contribution in [2.24, 2.45) is 0 Å². The fourth-order valence-electron chi connectivity index (χ4n) is 0.985. The van der Waals surface area contributed by atoms with E-state index in [0.29, 0.717) is 0 Å². The van der Waals surface area contributed by atoms with Crippen LogP contribution in [0.4, 0.5) is 0 Å². The van der Waals surface area contributed by atoms with Gasteiger partial charge in [0.25, 0.3) is 0 Å². The quantitative estimate of drug-likeness (QED) is 0.564. The highest BCUT2D eigenvalue weighted by atomic mass is 16.3. The maximum absolute atomic E-state index is 11.0. The normalized spacial score (nSPS) is 9.80. The third-order valence-corrected chi connectivity index (χ3v) is 1.60. The first-order valence-corrected chi connectivity index (χ1v) is 3.50. The van der Waals surface area contributed by atoms with E-state index in [1.54, 1.807) is 6.07 Å². The van der Waals surface area contributed by atoms with Crippen LogP contribution in [0.25, 0.3) is 0 Å². The average molecular weight is 135 g/mol. The Morgan fingerprint density at radius 1 is 1.40 bits per heavy atom. The Labute approximate surface area is 61.3 Å². The largest absolute Gasteiger partial charge is 0.290 e. The van der Waals surface area contributed by atoms with E-state index >= 15 is 0 Å². The fraction of sp³-hybridized carbons (Fsp3) is 0.333. The molecule has 0 aliphatic heterocycles. The third-order valence-electron chi connectivity index (χ3n) is 1.60. The van der Waals surface area contributed by atoms with Gasteiger partial charge in [0.05, 0.1) is 0 Å². The fourth-order valence-corrected chi connectivity index (χ4v) is 0.985. The molecule has 0 bridgehead atoms. The molecule has 0 saturated carbocycles. The van der Waals surface area contributed by atoms with Gasteiger partial charge in [0.1, 0.15) is 0 Å². The van der Waals surface area contributed by atoms with Crippen LogP contribution < -0.4 is 0 Å². The van der Waals surface area contributed by atoms with Crippen molar-refractivity contribution in [3.63, 3.8) is 0 Å². The molecule has 10 heavy (non-hydrogen) atoms. The van der Waals surface area contributed by atoms with Gasteiger partial charge in [-0.25, -0.2) is 0 Å². The Hall–Kier alpha value is -0.980. The molecule has 1 heteroatoms. The molecule has 0 spiro atoms. The molecule has 1 rings (SSSR count). The molecule has 0 atom stereocenters. The van der Waals surface area contributed by atoms with Crippen LogP contribution in [0, 0.1) is 6.92 Å². The minimum Gasteiger partial charge on any atom is -0.290 e. The van der Waals surface area contributed by atoms with Crippen LogP contribution in [-0.4, -0.2) is 0 Å². The maximum atomic E-state index is 11.0. The summed E-state index contributed by atoms with van der Waals surface area (Å²) in [6, 6.07) is 5.43. The Morgan fingerprint density at radius 2 is 2.10 bits per heavy atom. The molecular weight excluding hydrogens is 124 g/mol. The van der Waals surface area contributed by atoms with Gasteiger partial charge in [0.15, 0.2) is 5.75 Å². The highest BCUT2D eigenvalue weighted by Gasteiger charge is 1.98. The summed E-state index contributed by atoms with van der Waals surface area (Å²) in [7, 11) is 0. The highest BCUT2D eigenvalue weighted by Crippen LogP contribution is 2.18. The van der Waals surface area contributed by atoms with Crippen LogP contribution in [-0.2, 0) is 11.5 Å². The molecule has 53 valence electrons. The Bertz CT molecular complexity index is 228. The van der Waals surface area contributed by atoms with Gasteiger partial charge in [-0.15, -0.1) is 0 Å². The van der Waals surface area contributed by atoms with Crippen molar-refractivity contribution >= 4 is 0 Å². The molecule has 0 fully saturated rings. The average Bonchev–Trinajstić information content (AvgIpc) is 1.94. The minimum atomic E-state index is 0.160. The summed E-state index contributed by atoms with van der Waals surface area (Å²) < 4.78 is 0. The van der Waals surface area contributed by atoms with E-state index in [0.717, 1.165) is 17.5 Å². The van der Waals surface area contributed by atoms with Crippen LogP contribution in [0.2, 0.25) is 0 Å². The van der Waals surface area contributed by atoms with Crippen molar-refractivity contribution in [1.29, 1.82) is 0 Å². The molecule has 1 nitrogen and oxygen atoms in total. The summed E-state index contributed by atoms with van der Waals surface area (Å²) in [5, 5.41) is 11.0.